The van der Waals surface area contributed by atoms with Crippen LogP contribution in [-0.2, 0) is 9.47 Å². The molecule has 58 valence electrons. The van der Waals surface area contributed by atoms with Gasteiger partial charge >= 0.3 is 0 Å². The number of nitrogens with one attached hydrogen (secondary N) is 1. The zero-order valence-corrected chi connectivity index (χ0v) is 6.22. The van der Waals surface area contributed by atoms with Crippen molar-refractivity contribution in [1.29, 1.82) is 0 Å². The highest BCUT2D eigenvalue weighted by molar-refractivity contribution is 4.87. The molecular weight excluding hydrogens is 130 g/mol. The minimum Gasteiger partial charge on any atom is -0.375 e. The van der Waals surface area contributed by atoms with Gasteiger partial charge in [-0.3, -0.25) is 0 Å². The molecule has 2 fully saturated rings. The molecule has 2 heterocycles. The van der Waals surface area contributed by atoms with E-state index in [0.717, 1.165) is 26.3 Å². The van der Waals surface area contributed by atoms with Gasteiger partial charge in [0.1, 0.15) is 5.60 Å². The Bertz CT molecular complexity index is 130. The van der Waals surface area contributed by atoms with E-state index >= 15 is 0 Å². The van der Waals surface area contributed by atoms with Gasteiger partial charge in [0.2, 0.25) is 0 Å². The van der Waals surface area contributed by atoms with Gasteiger partial charge < -0.3 is 14.8 Å². The van der Waals surface area contributed by atoms with Crippen molar-refractivity contribution in [1.82, 2.24) is 5.32 Å². The Labute approximate surface area is 60.7 Å². The summed E-state index contributed by atoms with van der Waals surface area (Å²) in [4.78, 5) is 0. The van der Waals surface area contributed by atoms with Crippen LogP contribution in [-0.4, -0.2) is 38.0 Å². The maximum absolute atomic E-state index is 5.72. The number of hydrogen-bond acceptors (Lipinski definition) is 3. The molecule has 0 radical (unpaired) electrons. The van der Waals surface area contributed by atoms with Crippen molar-refractivity contribution in [3.05, 3.63) is 0 Å². The molecule has 2 saturated heterocycles. The van der Waals surface area contributed by atoms with Crippen molar-refractivity contribution in [2.45, 2.75) is 18.6 Å². The van der Waals surface area contributed by atoms with Gasteiger partial charge in [0, 0.05) is 13.1 Å². The van der Waals surface area contributed by atoms with Gasteiger partial charge in [-0.05, 0) is 6.92 Å². The van der Waals surface area contributed by atoms with E-state index < -0.39 is 0 Å². The summed E-state index contributed by atoms with van der Waals surface area (Å²) in [6, 6.07) is 0. The average Bonchev–Trinajstić information content (AvgIpc) is 1.74. The van der Waals surface area contributed by atoms with Crippen molar-refractivity contribution >= 4 is 0 Å². The van der Waals surface area contributed by atoms with Crippen LogP contribution < -0.4 is 5.32 Å². The van der Waals surface area contributed by atoms with E-state index in [1.54, 1.807) is 0 Å². The first kappa shape index (κ1) is 6.58. The van der Waals surface area contributed by atoms with Crippen LogP contribution in [0.15, 0.2) is 0 Å². The fourth-order valence-electron chi connectivity index (χ4n) is 1.21. The second-order valence-corrected chi connectivity index (χ2v) is 3.34. The molecule has 0 aromatic heterocycles. The minimum atomic E-state index is 0.0345. The normalized spacial score (nSPS) is 30.9. The maximum Gasteiger partial charge on any atom is 0.112 e. The van der Waals surface area contributed by atoms with Crippen molar-refractivity contribution < 1.29 is 9.47 Å². The largest absolute Gasteiger partial charge is 0.375 e. The molecule has 0 amide bonds. The van der Waals surface area contributed by atoms with Gasteiger partial charge in [0.15, 0.2) is 0 Å². The van der Waals surface area contributed by atoms with Crippen molar-refractivity contribution in [2.75, 3.05) is 26.3 Å². The number of rotatable bonds is 2. The summed E-state index contributed by atoms with van der Waals surface area (Å²) >= 11 is 0. The quantitative estimate of drug-likeness (QED) is 0.579. The average molecular weight is 143 g/mol. The van der Waals surface area contributed by atoms with E-state index in [4.69, 9.17) is 9.47 Å². The van der Waals surface area contributed by atoms with Crippen molar-refractivity contribution in [3.8, 4) is 0 Å². The predicted octanol–water partition coefficient (Wildman–Crippen LogP) is -0.236. The number of hydrogen-bond donors (Lipinski definition) is 1. The van der Waals surface area contributed by atoms with Gasteiger partial charge in [-0.1, -0.05) is 0 Å². The summed E-state index contributed by atoms with van der Waals surface area (Å²) in [7, 11) is 0. The molecule has 0 unspecified atom stereocenters. The van der Waals surface area contributed by atoms with Crippen LogP contribution in [0.1, 0.15) is 6.92 Å². The number of ether oxygens (including phenoxy) is 2. The molecule has 2 aliphatic rings. The van der Waals surface area contributed by atoms with Crippen LogP contribution in [0.2, 0.25) is 0 Å². The zero-order chi connectivity index (χ0) is 7.03. The highest BCUT2D eigenvalue weighted by atomic mass is 16.6. The summed E-state index contributed by atoms with van der Waals surface area (Å²) in [5.74, 6) is 0. The lowest BCUT2D eigenvalue weighted by molar-refractivity contribution is -0.227. The van der Waals surface area contributed by atoms with E-state index in [1.807, 2.05) is 0 Å². The van der Waals surface area contributed by atoms with E-state index in [0.29, 0.717) is 6.10 Å². The Hall–Kier alpha value is -0.120. The topological polar surface area (TPSA) is 30.5 Å². The Morgan fingerprint density at radius 2 is 2.20 bits per heavy atom. The standard InChI is InChI=1S/C7H13NO2/c1-7(4-9-5-7)10-6-2-8-3-6/h6,8H,2-5H2,1H3. The van der Waals surface area contributed by atoms with Crippen LogP contribution in [0.5, 0.6) is 0 Å². The molecule has 0 aromatic rings. The van der Waals surface area contributed by atoms with E-state index in [-0.39, 0.29) is 5.60 Å². The van der Waals surface area contributed by atoms with Gasteiger partial charge in [-0.25, -0.2) is 0 Å². The highest BCUT2D eigenvalue weighted by Gasteiger charge is 2.38. The van der Waals surface area contributed by atoms with E-state index in [9.17, 15) is 0 Å². The van der Waals surface area contributed by atoms with Gasteiger partial charge in [-0.2, -0.15) is 0 Å². The molecule has 0 bridgehead atoms. The third kappa shape index (κ3) is 1.05. The van der Waals surface area contributed by atoms with Gasteiger partial charge in [0.25, 0.3) is 0 Å². The molecule has 2 aliphatic heterocycles. The van der Waals surface area contributed by atoms with Crippen molar-refractivity contribution in [2.24, 2.45) is 0 Å². The summed E-state index contributed by atoms with van der Waals surface area (Å²) < 4.78 is 10.8. The maximum atomic E-state index is 5.72. The first-order chi connectivity index (χ1) is 4.79. The third-order valence-corrected chi connectivity index (χ3v) is 2.01. The van der Waals surface area contributed by atoms with Crippen LogP contribution >= 0.6 is 0 Å². The molecule has 10 heavy (non-hydrogen) atoms. The Morgan fingerprint density at radius 1 is 1.50 bits per heavy atom. The van der Waals surface area contributed by atoms with Gasteiger partial charge in [0.05, 0.1) is 19.3 Å². The van der Waals surface area contributed by atoms with Crippen LogP contribution in [0.25, 0.3) is 0 Å². The second kappa shape index (κ2) is 2.19. The predicted molar refractivity (Wildman–Crippen MR) is 37.0 cm³/mol. The lowest BCUT2D eigenvalue weighted by atomic mass is 10.0. The van der Waals surface area contributed by atoms with Crippen LogP contribution in [0, 0.1) is 0 Å². The van der Waals surface area contributed by atoms with E-state index in [1.165, 1.54) is 0 Å². The fraction of sp³-hybridized carbons (Fsp3) is 1.00. The lowest BCUT2D eigenvalue weighted by Crippen LogP contribution is -2.58. The molecule has 0 aromatic carbocycles. The molecular formula is C7H13NO2. The summed E-state index contributed by atoms with van der Waals surface area (Å²) in [6.45, 7) is 5.66. The van der Waals surface area contributed by atoms with Gasteiger partial charge in [-0.15, -0.1) is 0 Å². The molecule has 1 N–H and O–H groups in total. The second-order valence-electron chi connectivity index (χ2n) is 3.34. The SMILES string of the molecule is CC1(OC2CNC2)COC1. The molecule has 3 heteroatoms. The Balaban J connectivity index is 1.77. The third-order valence-electron chi connectivity index (χ3n) is 2.01. The zero-order valence-electron chi connectivity index (χ0n) is 6.22. The summed E-state index contributed by atoms with van der Waals surface area (Å²) in [5, 5.41) is 3.17. The Kier molecular flexibility index (Phi) is 1.44. The molecule has 0 aliphatic carbocycles. The smallest absolute Gasteiger partial charge is 0.112 e. The summed E-state index contributed by atoms with van der Waals surface area (Å²) in [6.07, 6.45) is 0.439. The van der Waals surface area contributed by atoms with E-state index in [2.05, 4.69) is 12.2 Å². The molecule has 3 nitrogen and oxygen atoms in total. The molecule has 0 atom stereocenters. The first-order valence-electron chi connectivity index (χ1n) is 3.75. The minimum absolute atomic E-state index is 0.0345. The lowest BCUT2D eigenvalue weighted by Gasteiger charge is -2.43. The molecule has 0 spiro atoms. The van der Waals surface area contributed by atoms with Crippen LogP contribution in [0.3, 0.4) is 0 Å². The van der Waals surface area contributed by atoms with Crippen molar-refractivity contribution in [3.63, 3.8) is 0 Å². The van der Waals surface area contributed by atoms with Crippen LogP contribution in [0.4, 0.5) is 0 Å². The monoisotopic (exact) mass is 143 g/mol. The highest BCUT2D eigenvalue weighted by Crippen LogP contribution is 2.23. The Morgan fingerprint density at radius 3 is 2.50 bits per heavy atom. The molecule has 0 saturated carbocycles. The first-order valence-corrected chi connectivity index (χ1v) is 3.75. The molecule has 2 rings (SSSR count). The fourth-order valence-corrected chi connectivity index (χ4v) is 1.21. The summed E-state index contributed by atoms with van der Waals surface area (Å²) in [5.41, 5.74) is 0.0345.